The van der Waals surface area contributed by atoms with Gasteiger partial charge in [0.05, 0.1) is 11.0 Å². The largest absolute Gasteiger partial charge is 0.353 e. The fourth-order valence-corrected chi connectivity index (χ4v) is 3.26. The van der Waals surface area contributed by atoms with Crippen molar-refractivity contribution in [3.05, 3.63) is 30.1 Å². The van der Waals surface area contributed by atoms with Crippen LogP contribution in [-0.2, 0) is 11.2 Å². The van der Waals surface area contributed by atoms with Crippen LogP contribution in [0.25, 0.3) is 11.0 Å². The third-order valence-electron chi connectivity index (χ3n) is 4.48. The summed E-state index contributed by atoms with van der Waals surface area (Å²) in [6, 6.07) is 8.44. The van der Waals surface area contributed by atoms with Crippen LogP contribution in [0.2, 0.25) is 0 Å². The number of nitrogens with zero attached hydrogens (tertiary/aromatic N) is 1. The van der Waals surface area contributed by atoms with Crippen molar-refractivity contribution in [1.82, 2.24) is 15.3 Å². The molecule has 0 radical (unpaired) electrons. The molecule has 1 aliphatic rings. The third kappa shape index (κ3) is 4.09. The van der Waals surface area contributed by atoms with Crippen molar-refractivity contribution < 1.29 is 4.79 Å². The van der Waals surface area contributed by atoms with Gasteiger partial charge in [-0.1, -0.05) is 37.8 Å². The van der Waals surface area contributed by atoms with Crippen molar-refractivity contribution >= 4 is 16.9 Å². The number of nitrogens with one attached hydrogen (secondary N) is 2. The number of amides is 1. The van der Waals surface area contributed by atoms with Crippen LogP contribution in [0.3, 0.4) is 0 Å². The van der Waals surface area contributed by atoms with Gasteiger partial charge in [-0.3, -0.25) is 4.79 Å². The summed E-state index contributed by atoms with van der Waals surface area (Å²) in [6.45, 7) is 0. The first kappa shape index (κ1) is 15.1. The number of aromatic nitrogens is 2. The second kappa shape index (κ2) is 7.43. The number of fused-ring (bicyclic) bond motifs is 1. The van der Waals surface area contributed by atoms with Gasteiger partial charge in [-0.15, -0.1) is 0 Å². The maximum atomic E-state index is 12.0. The molecule has 3 rings (SSSR count). The molecule has 0 spiro atoms. The van der Waals surface area contributed by atoms with Crippen LogP contribution in [0.15, 0.2) is 24.3 Å². The van der Waals surface area contributed by atoms with E-state index >= 15 is 0 Å². The standard InChI is InChI=1S/C18H25N3O/c22-18(19-14-8-3-1-2-4-9-14)13-7-12-17-20-15-10-5-6-11-16(15)21-17/h5-6,10-11,14H,1-4,7-9,12-13H2,(H,19,22)(H,20,21). The van der Waals surface area contributed by atoms with Crippen LogP contribution in [0.5, 0.6) is 0 Å². The Kier molecular flexibility index (Phi) is 5.09. The molecule has 4 heteroatoms. The van der Waals surface area contributed by atoms with Crippen LogP contribution < -0.4 is 5.32 Å². The number of aromatic amines is 1. The monoisotopic (exact) mass is 299 g/mol. The zero-order chi connectivity index (χ0) is 15.2. The molecule has 0 bridgehead atoms. The van der Waals surface area contributed by atoms with Crippen molar-refractivity contribution in [2.45, 2.75) is 63.8 Å². The predicted molar refractivity (Wildman–Crippen MR) is 88.7 cm³/mol. The molecule has 1 aliphatic carbocycles. The first-order chi connectivity index (χ1) is 10.8. The average molecular weight is 299 g/mol. The molecule has 118 valence electrons. The van der Waals surface area contributed by atoms with Gasteiger partial charge < -0.3 is 10.3 Å². The van der Waals surface area contributed by atoms with Crippen molar-refractivity contribution in [2.75, 3.05) is 0 Å². The molecule has 0 atom stereocenters. The fraction of sp³-hybridized carbons (Fsp3) is 0.556. The van der Waals surface area contributed by atoms with Crippen LogP contribution in [-0.4, -0.2) is 21.9 Å². The smallest absolute Gasteiger partial charge is 0.220 e. The molecule has 2 N–H and O–H groups in total. The normalized spacial score (nSPS) is 16.5. The summed E-state index contributed by atoms with van der Waals surface area (Å²) in [6.07, 6.45) is 9.70. The van der Waals surface area contributed by atoms with Gasteiger partial charge in [-0.05, 0) is 31.4 Å². The van der Waals surface area contributed by atoms with Gasteiger partial charge in [-0.2, -0.15) is 0 Å². The number of imidazole rings is 1. The highest BCUT2D eigenvalue weighted by Gasteiger charge is 2.14. The lowest BCUT2D eigenvalue weighted by Crippen LogP contribution is -2.34. The van der Waals surface area contributed by atoms with Gasteiger partial charge in [0.2, 0.25) is 5.91 Å². The highest BCUT2D eigenvalue weighted by atomic mass is 16.1. The summed E-state index contributed by atoms with van der Waals surface area (Å²) >= 11 is 0. The predicted octanol–water partition coefficient (Wildman–Crippen LogP) is 3.72. The number of H-pyrrole nitrogens is 1. The van der Waals surface area contributed by atoms with E-state index in [0.717, 1.165) is 42.5 Å². The molecule has 0 saturated heterocycles. The first-order valence-electron chi connectivity index (χ1n) is 8.54. The Morgan fingerprint density at radius 2 is 1.95 bits per heavy atom. The second-order valence-corrected chi connectivity index (χ2v) is 6.31. The minimum absolute atomic E-state index is 0.197. The maximum Gasteiger partial charge on any atom is 0.220 e. The maximum absolute atomic E-state index is 12.0. The number of rotatable bonds is 5. The van der Waals surface area contributed by atoms with E-state index in [2.05, 4.69) is 15.3 Å². The average Bonchev–Trinajstić information content (AvgIpc) is 2.75. The van der Waals surface area contributed by atoms with E-state index in [1.54, 1.807) is 0 Å². The molecule has 1 aromatic heterocycles. The Labute approximate surface area is 131 Å². The minimum Gasteiger partial charge on any atom is -0.353 e. The highest BCUT2D eigenvalue weighted by Crippen LogP contribution is 2.17. The van der Waals surface area contributed by atoms with Gasteiger partial charge >= 0.3 is 0 Å². The second-order valence-electron chi connectivity index (χ2n) is 6.31. The number of carbonyl (C=O) groups excluding carboxylic acids is 1. The Hall–Kier alpha value is -1.84. The van der Waals surface area contributed by atoms with E-state index in [1.165, 1.54) is 25.7 Å². The topological polar surface area (TPSA) is 57.8 Å². The number of hydrogen-bond acceptors (Lipinski definition) is 2. The van der Waals surface area contributed by atoms with Gasteiger partial charge in [0.15, 0.2) is 0 Å². The highest BCUT2D eigenvalue weighted by molar-refractivity contribution is 5.76. The molecular weight excluding hydrogens is 274 g/mol. The van der Waals surface area contributed by atoms with E-state index < -0.39 is 0 Å². The Morgan fingerprint density at radius 1 is 1.18 bits per heavy atom. The van der Waals surface area contributed by atoms with E-state index in [-0.39, 0.29) is 5.91 Å². The van der Waals surface area contributed by atoms with Gasteiger partial charge in [0.1, 0.15) is 5.82 Å². The summed E-state index contributed by atoms with van der Waals surface area (Å²) in [5.41, 5.74) is 2.07. The third-order valence-corrected chi connectivity index (χ3v) is 4.48. The molecule has 1 amide bonds. The number of benzene rings is 1. The molecule has 2 aromatic rings. The Morgan fingerprint density at radius 3 is 2.73 bits per heavy atom. The summed E-state index contributed by atoms with van der Waals surface area (Å²) in [7, 11) is 0. The first-order valence-corrected chi connectivity index (χ1v) is 8.54. The van der Waals surface area contributed by atoms with E-state index in [0.29, 0.717) is 12.5 Å². The summed E-state index contributed by atoms with van der Waals surface area (Å²) in [4.78, 5) is 19.9. The van der Waals surface area contributed by atoms with E-state index in [1.807, 2.05) is 24.3 Å². The zero-order valence-electron chi connectivity index (χ0n) is 13.1. The lowest BCUT2D eigenvalue weighted by atomic mass is 10.1. The van der Waals surface area contributed by atoms with Crippen LogP contribution in [0.1, 0.15) is 57.2 Å². The fourth-order valence-electron chi connectivity index (χ4n) is 3.26. The van der Waals surface area contributed by atoms with Crippen LogP contribution in [0.4, 0.5) is 0 Å². The number of aryl methyl sites for hydroxylation is 1. The van der Waals surface area contributed by atoms with Crippen molar-refractivity contribution in [3.8, 4) is 0 Å². The molecule has 1 fully saturated rings. The Bertz CT molecular complexity index is 579. The summed E-state index contributed by atoms with van der Waals surface area (Å²) in [5.74, 6) is 1.17. The van der Waals surface area contributed by atoms with Crippen molar-refractivity contribution in [1.29, 1.82) is 0 Å². The van der Waals surface area contributed by atoms with Crippen LogP contribution in [0, 0.1) is 0 Å². The molecule has 1 aromatic carbocycles. The summed E-state index contributed by atoms with van der Waals surface area (Å²) < 4.78 is 0. The van der Waals surface area contributed by atoms with Gasteiger partial charge in [0.25, 0.3) is 0 Å². The molecule has 0 unspecified atom stereocenters. The van der Waals surface area contributed by atoms with E-state index in [4.69, 9.17) is 0 Å². The minimum atomic E-state index is 0.197. The molecule has 22 heavy (non-hydrogen) atoms. The number of para-hydroxylation sites is 2. The van der Waals surface area contributed by atoms with Crippen molar-refractivity contribution in [3.63, 3.8) is 0 Å². The van der Waals surface area contributed by atoms with Crippen molar-refractivity contribution in [2.24, 2.45) is 0 Å². The Balaban J connectivity index is 1.43. The molecular formula is C18H25N3O. The van der Waals surface area contributed by atoms with Gasteiger partial charge in [0, 0.05) is 18.9 Å². The number of carbonyl (C=O) groups is 1. The van der Waals surface area contributed by atoms with Crippen LogP contribution >= 0.6 is 0 Å². The molecule has 1 heterocycles. The quantitative estimate of drug-likeness (QED) is 0.827. The molecule has 4 nitrogen and oxygen atoms in total. The molecule has 1 saturated carbocycles. The molecule has 0 aliphatic heterocycles. The zero-order valence-corrected chi connectivity index (χ0v) is 13.1. The van der Waals surface area contributed by atoms with Gasteiger partial charge in [-0.25, -0.2) is 4.98 Å². The SMILES string of the molecule is O=C(CCCc1nc2ccccc2[nH]1)NC1CCCCCC1. The summed E-state index contributed by atoms with van der Waals surface area (Å²) in [5, 5.41) is 3.20. The lowest BCUT2D eigenvalue weighted by molar-refractivity contribution is -0.121. The van der Waals surface area contributed by atoms with E-state index in [9.17, 15) is 4.79 Å². The number of hydrogen-bond donors (Lipinski definition) is 2. The lowest BCUT2D eigenvalue weighted by Gasteiger charge is -2.15.